The first-order chi connectivity index (χ1) is 15.2. The lowest BCUT2D eigenvalue weighted by Gasteiger charge is -2.32. The molecule has 2 aliphatic rings. The van der Waals surface area contributed by atoms with Gasteiger partial charge in [-0.05, 0) is 56.0 Å². The first-order valence-corrected chi connectivity index (χ1v) is 12.0. The molecule has 6 nitrogen and oxygen atoms in total. The molecule has 1 saturated heterocycles. The van der Waals surface area contributed by atoms with Crippen molar-refractivity contribution in [2.45, 2.75) is 64.3 Å². The maximum Gasteiger partial charge on any atom is 0.234 e. The maximum absolute atomic E-state index is 6.04. The molecule has 31 heavy (non-hydrogen) atoms. The largest absolute Gasteiger partial charge is 0.439 e. The van der Waals surface area contributed by atoms with Crippen LogP contribution in [0.2, 0.25) is 0 Å². The zero-order valence-electron chi connectivity index (χ0n) is 18.3. The fourth-order valence-electron chi connectivity index (χ4n) is 4.44. The number of benzene rings is 1. The van der Waals surface area contributed by atoms with Crippen molar-refractivity contribution < 1.29 is 4.74 Å². The van der Waals surface area contributed by atoms with Crippen molar-refractivity contribution in [1.29, 1.82) is 0 Å². The standard InChI is InChI=1S/C24H33N5OS/c1-18-10-9-15-29(17-18)21-16-22(30-20-13-7-4-8-14-20)27-23(26-21)28-24(31)25-19-11-5-2-3-6-12-19/h4,7-8,13-14,16,18-19H,2-3,5-6,9-12,15,17H2,1H3,(H2,25,26,27,28,31)/t18-/m1/s1. The molecule has 4 rings (SSSR count). The van der Waals surface area contributed by atoms with E-state index in [2.05, 4.69) is 27.4 Å². The van der Waals surface area contributed by atoms with Crippen LogP contribution in [-0.4, -0.2) is 34.2 Å². The molecule has 0 unspecified atom stereocenters. The fourth-order valence-corrected chi connectivity index (χ4v) is 4.69. The summed E-state index contributed by atoms with van der Waals surface area (Å²) < 4.78 is 6.04. The fraction of sp³-hybridized carbons (Fsp3) is 0.542. The number of hydrogen-bond donors (Lipinski definition) is 2. The number of nitrogens with one attached hydrogen (secondary N) is 2. The van der Waals surface area contributed by atoms with E-state index in [1.807, 2.05) is 36.4 Å². The molecule has 1 aromatic heterocycles. The summed E-state index contributed by atoms with van der Waals surface area (Å²) in [4.78, 5) is 11.7. The number of piperidine rings is 1. The Morgan fingerprint density at radius 2 is 1.81 bits per heavy atom. The van der Waals surface area contributed by atoms with Gasteiger partial charge in [0.25, 0.3) is 0 Å². The van der Waals surface area contributed by atoms with E-state index in [0.29, 0.717) is 28.9 Å². The highest BCUT2D eigenvalue weighted by Gasteiger charge is 2.20. The minimum atomic E-state index is 0.425. The van der Waals surface area contributed by atoms with E-state index < -0.39 is 0 Å². The lowest BCUT2D eigenvalue weighted by Crippen LogP contribution is -2.38. The smallest absolute Gasteiger partial charge is 0.234 e. The summed E-state index contributed by atoms with van der Waals surface area (Å²) in [6.45, 7) is 4.28. The van der Waals surface area contributed by atoms with Gasteiger partial charge in [0, 0.05) is 25.2 Å². The molecule has 0 amide bonds. The van der Waals surface area contributed by atoms with Crippen LogP contribution in [0.5, 0.6) is 11.6 Å². The second-order valence-electron chi connectivity index (χ2n) is 8.78. The highest BCUT2D eigenvalue weighted by molar-refractivity contribution is 7.80. The van der Waals surface area contributed by atoms with Gasteiger partial charge in [0.05, 0.1) is 0 Å². The van der Waals surface area contributed by atoms with Crippen molar-refractivity contribution in [3.05, 3.63) is 36.4 Å². The van der Waals surface area contributed by atoms with Gasteiger partial charge < -0.3 is 20.3 Å². The second kappa shape index (κ2) is 10.8. The Bertz CT molecular complexity index is 854. The lowest BCUT2D eigenvalue weighted by molar-refractivity contribution is 0.440. The summed E-state index contributed by atoms with van der Waals surface area (Å²) in [5.74, 6) is 3.29. The second-order valence-corrected chi connectivity index (χ2v) is 9.19. The number of anilines is 2. The van der Waals surface area contributed by atoms with Gasteiger partial charge in [-0.15, -0.1) is 0 Å². The van der Waals surface area contributed by atoms with Crippen molar-refractivity contribution in [3.63, 3.8) is 0 Å². The molecule has 7 heteroatoms. The SMILES string of the molecule is C[C@@H]1CCCN(c2cc(Oc3ccccc3)nc(NC(=S)NC3CCCCCC3)n2)C1. The predicted molar refractivity (Wildman–Crippen MR) is 130 cm³/mol. The average Bonchev–Trinajstić information content (AvgIpc) is 3.03. The molecular formula is C24H33N5OS. The molecule has 1 aliphatic carbocycles. The van der Waals surface area contributed by atoms with Crippen molar-refractivity contribution in [1.82, 2.24) is 15.3 Å². The first-order valence-electron chi connectivity index (χ1n) is 11.6. The summed E-state index contributed by atoms with van der Waals surface area (Å²) >= 11 is 5.60. The average molecular weight is 440 g/mol. The van der Waals surface area contributed by atoms with E-state index in [1.54, 1.807) is 0 Å². The van der Waals surface area contributed by atoms with Crippen molar-refractivity contribution >= 4 is 29.1 Å². The van der Waals surface area contributed by atoms with Crippen LogP contribution in [0, 0.1) is 5.92 Å². The van der Waals surface area contributed by atoms with Gasteiger partial charge in [0.15, 0.2) is 5.11 Å². The first kappa shape index (κ1) is 21.8. The Kier molecular flexibility index (Phi) is 7.57. The van der Waals surface area contributed by atoms with E-state index in [-0.39, 0.29) is 0 Å². The van der Waals surface area contributed by atoms with Gasteiger partial charge in [0.2, 0.25) is 11.8 Å². The predicted octanol–water partition coefficient (Wildman–Crippen LogP) is 5.51. The molecule has 0 bridgehead atoms. The zero-order chi connectivity index (χ0) is 21.5. The normalized spacial score (nSPS) is 20.0. The molecule has 1 atom stereocenters. The van der Waals surface area contributed by atoms with Gasteiger partial charge in [-0.2, -0.15) is 9.97 Å². The van der Waals surface area contributed by atoms with Gasteiger partial charge in [-0.25, -0.2) is 0 Å². The Labute approximate surface area is 190 Å². The maximum atomic E-state index is 6.04. The molecule has 2 heterocycles. The zero-order valence-corrected chi connectivity index (χ0v) is 19.2. The molecule has 1 saturated carbocycles. The van der Waals surface area contributed by atoms with Gasteiger partial charge >= 0.3 is 0 Å². The third-order valence-electron chi connectivity index (χ3n) is 6.05. The molecule has 0 radical (unpaired) electrons. The summed E-state index contributed by atoms with van der Waals surface area (Å²) in [7, 11) is 0. The number of rotatable bonds is 5. The minimum absolute atomic E-state index is 0.425. The van der Waals surface area contributed by atoms with Crippen LogP contribution in [0.4, 0.5) is 11.8 Å². The van der Waals surface area contributed by atoms with E-state index in [4.69, 9.17) is 21.9 Å². The summed E-state index contributed by atoms with van der Waals surface area (Å²) in [5.41, 5.74) is 0. The Morgan fingerprint density at radius 3 is 2.55 bits per heavy atom. The monoisotopic (exact) mass is 439 g/mol. The highest BCUT2D eigenvalue weighted by Crippen LogP contribution is 2.28. The molecular weight excluding hydrogens is 406 g/mol. The van der Waals surface area contributed by atoms with E-state index in [1.165, 1.54) is 38.5 Å². The van der Waals surface area contributed by atoms with Gasteiger partial charge in [0.1, 0.15) is 11.6 Å². The Hall–Kier alpha value is -2.41. The van der Waals surface area contributed by atoms with Crippen LogP contribution in [0.25, 0.3) is 0 Å². The van der Waals surface area contributed by atoms with Crippen LogP contribution in [-0.2, 0) is 0 Å². The van der Waals surface area contributed by atoms with Gasteiger partial charge in [-0.1, -0.05) is 50.8 Å². The van der Waals surface area contributed by atoms with Crippen molar-refractivity contribution in [2.75, 3.05) is 23.3 Å². The van der Waals surface area contributed by atoms with Crippen LogP contribution < -0.4 is 20.3 Å². The molecule has 0 spiro atoms. The third-order valence-corrected chi connectivity index (χ3v) is 6.27. The Morgan fingerprint density at radius 1 is 1.03 bits per heavy atom. The molecule has 2 fully saturated rings. The number of thiocarbonyl (C=S) groups is 1. The summed E-state index contributed by atoms with van der Waals surface area (Å²) in [6.07, 6.45) is 9.91. The van der Waals surface area contributed by atoms with Gasteiger partial charge in [-0.3, -0.25) is 0 Å². The molecule has 2 aromatic rings. The minimum Gasteiger partial charge on any atom is -0.439 e. The quantitative estimate of drug-likeness (QED) is 0.470. The van der Waals surface area contributed by atoms with Crippen molar-refractivity contribution in [2.24, 2.45) is 5.92 Å². The van der Waals surface area contributed by atoms with E-state index >= 15 is 0 Å². The van der Waals surface area contributed by atoms with Crippen molar-refractivity contribution in [3.8, 4) is 11.6 Å². The summed E-state index contributed by atoms with van der Waals surface area (Å²) in [5, 5.41) is 7.27. The Balaban J connectivity index is 1.51. The number of nitrogens with zero attached hydrogens (tertiary/aromatic N) is 3. The molecule has 166 valence electrons. The summed E-state index contributed by atoms with van der Waals surface area (Å²) in [6, 6.07) is 12.1. The van der Waals surface area contributed by atoms with E-state index in [9.17, 15) is 0 Å². The topological polar surface area (TPSA) is 62.3 Å². The van der Waals surface area contributed by atoms with Crippen LogP contribution in [0.1, 0.15) is 58.3 Å². The third kappa shape index (κ3) is 6.53. The van der Waals surface area contributed by atoms with Crippen LogP contribution in [0.3, 0.4) is 0 Å². The highest BCUT2D eigenvalue weighted by atomic mass is 32.1. The number of para-hydroxylation sites is 1. The number of aromatic nitrogens is 2. The molecule has 1 aromatic carbocycles. The molecule has 1 aliphatic heterocycles. The number of ether oxygens (including phenoxy) is 1. The lowest BCUT2D eigenvalue weighted by atomic mass is 10.0. The molecule has 2 N–H and O–H groups in total. The van der Waals surface area contributed by atoms with Crippen LogP contribution >= 0.6 is 12.2 Å². The van der Waals surface area contributed by atoms with E-state index in [0.717, 1.165) is 37.5 Å². The van der Waals surface area contributed by atoms with Crippen LogP contribution in [0.15, 0.2) is 36.4 Å². The number of hydrogen-bond acceptors (Lipinski definition) is 5.